The Morgan fingerprint density at radius 1 is 1.18 bits per heavy atom. The Hall–Kier alpha value is -3.21. The van der Waals surface area contributed by atoms with E-state index >= 15 is 0 Å². The average molecular weight is 478 g/mol. The van der Waals surface area contributed by atoms with E-state index in [2.05, 4.69) is 0 Å². The molecule has 0 radical (unpaired) electrons. The fourth-order valence-electron chi connectivity index (χ4n) is 5.39. The number of benzene rings is 1. The molecule has 3 aliphatic rings. The number of nitrogens with two attached hydrogens (primary N) is 1. The second-order valence-corrected chi connectivity index (χ2v) is 8.70. The van der Waals surface area contributed by atoms with Crippen molar-refractivity contribution in [3.8, 4) is 5.75 Å². The number of rotatable bonds is 4. The highest BCUT2D eigenvalue weighted by molar-refractivity contribution is 6.27. The summed E-state index contributed by atoms with van der Waals surface area (Å²) in [5.41, 5.74) is 0.608. The van der Waals surface area contributed by atoms with Crippen molar-refractivity contribution in [1.82, 2.24) is 0 Å². The second-order valence-electron chi connectivity index (χ2n) is 8.43. The molecule has 4 rings (SSSR count). The molecule has 174 valence electrons. The zero-order valence-corrected chi connectivity index (χ0v) is 17.7. The van der Waals surface area contributed by atoms with Gasteiger partial charge in [0.25, 0.3) is 5.91 Å². The van der Waals surface area contributed by atoms with Gasteiger partial charge in [0.2, 0.25) is 5.78 Å². The number of aliphatic hydroxyl groups excluding tert-OH is 3. The molecular weight excluding hydrogens is 458 g/mol. The molecule has 1 aromatic rings. The summed E-state index contributed by atoms with van der Waals surface area (Å²) in [6.07, 6.45) is -2.56. The van der Waals surface area contributed by atoms with Crippen LogP contribution >= 0.6 is 11.6 Å². The van der Waals surface area contributed by atoms with Gasteiger partial charge in [-0.2, -0.15) is 0 Å². The predicted octanol–water partition coefficient (Wildman–Crippen LogP) is 0.339. The van der Waals surface area contributed by atoms with Crippen molar-refractivity contribution < 1.29 is 44.7 Å². The topological polar surface area (TPSA) is 195 Å². The van der Waals surface area contributed by atoms with Crippen LogP contribution in [-0.4, -0.2) is 60.3 Å². The number of hydrogen-bond donors (Lipinski definition) is 6. The van der Waals surface area contributed by atoms with E-state index in [0.717, 1.165) is 0 Å². The summed E-state index contributed by atoms with van der Waals surface area (Å²) in [5.74, 6) is -10.9. The van der Waals surface area contributed by atoms with E-state index in [9.17, 15) is 44.7 Å². The van der Waals surface area contributed by atoms with Crippen LogP contribution < -0.4 is 5.73 Å². The van der Waals surface area contributed by atoms with E-state index in [4.69, 9.17) is 17.3 Å². The number of aliphatic hydroxyl groups is 4. The van der Waals surface area contributed by atoms with Gasteiger partial charge in [-0.05, 0) is 17.5 Å². The van der Waals surface area contributed by atoms with Crippen LogP contribution in [-0.2, 0) is 19.2 Å². The number of primary amides is 1. The van der Waals surface area contributed by atoms with E-state index in [0.29, 0.717) is 0 Å². The molecule has 1 aromatic carbocycles. The molecule has 0 saturated heterocycles. The van der Waals surface area contributed by atoms with Gasteiger partial charge >= 0.3 is 0 Å². The van der Waals surface area contributed by atoms with Gasteiger partial charge in [-0.1, -0.05) is 12.1 Å². The van der Waals surface area contributed by atoms with Crippen LogP contribution in [0.25, 0.3) is 5.76 Å². The molecule has 0 unspecified atom stereocenters. The summed E-state index contributed by atoms with van der Waals surface area (Å²) in [4.78, 5) is 50.2. The van der Waals surface area contributed by atoms with Gasteiger partial charge in [-0.3, -0.25) is 19.2 Å². The lowest BCUT2D eigenvalue weighted by atomic mass is 9.53. The highest BCUT2D eigenvalue weighted by atomic mass is 35.5. The summed E-state index contributed by atoms with van der Waals surface area (Å²) < 4.78 is 0. The average Bonchev–Trinajstić information content (AvgIpc) is 2.75. The van der Waals surface area contributed by atoms with E-state index in [-0.39, 0.29) is 11.1 Å². The molecule has 7 N–H and O–H groups in total. The zero-order chi connectivity index (χ0) is 24.4. The molecule has 3 aliphatic carbocycles. The smallest absolute Gasteiger partial charge is 0.255 e. The van der Waals surface area contributed by atoms with Crippen LogP contribution in [0.15, 0.2) is 35.1 Å². The van der Waals surface area contributed by atoms with Crippen molar-refractivity contribution in [2.24, 2.45) is 23.5 Å². The molecule has 1 amide bonds. The SMILES string of the molecule is NC(=O)C1=C(O)[C@@]2(O)C(=O)C3=C(O)c4c(O)cccc4[C@H](O)[C@H]3[C@H](CC(=O)CCl)[C@H]2CC1=O. The van der Waals surface area contributed by atoms with Gasteiger partial charge in [-0.25, -0.2) is 0 Å². The van der Waals surface area contributed by atoms with Crippen molar-refractivity contribution in [2.75, 3.05) is 5.88 Å². The van der Waals surface area contributed by atoms with E-state index in [1.807, 2.05) is 0 Å². The Balaban J connectivity index is 2.04. The van der Waals surface area contributed by atoms with E-state index in [1.165, 1.54) is 18.2 Å². The van der Waals surface area contributed by atoms with Crippen LogP contribution in [0.4, 0.5) is 0 Å². The number of aromatic hydroxyl groups is 1. The lowest BCUT2D eigenvalue weighted by molar-refractivity contribution is -0.158. The molecule has 1 saturated carbocycles. The summed E-state index contributed by atoms with van der Waals surface area (Å²) in [5, 5.41) is 54.5. The number of fused-ring (bicyclic) bond motifs is 3. The Morgan fingerprint density at radius 3 is 2.45 bits per heavy atom. The van der Waals surface area contributed by atoms with Crippen LogP contribution in [0.2, 0.25) is 0 Å². The largest absolute Gasteiger partial charge is 0.508 e. The fourth-order valence-corrected chi connectivity index (χ4v) is 5.50. The number of ketones is 3. The van der Waals surface area contributed by atoms with Gasteiger partial charge in [0.1, 0.15) is 28.6 Å². The maximum Gasteiger partial charge on any atom is 0.255 e. The third kappa shape index (κ3) is 3.01. The Bertz CT molecular complexity index is 1190. The van der Waals surface area contributed by atoms with Gasteiger partial charge < -0.3 is 31.3 Å². The third-order valence-corrected chi connectivity index (χ3v) is 7.10. The Morgan fingerprint density at radius 2 is 1.85 bits per heavy atom. The lowest BCUT2D eigenvalue weighted by Gasteiger charge is -2.51. The molecule has 10 nitrogen and oxygen atoms in total. The third-order valence-electron chi connectivity index (χ3n) is 6.81. The van der Waals surface area contributed by atoms with Crippen molar-refractivity contribution in [2.45, 2.75) is 24.5 Å². The number of halogens is 1. The minimum Gasteiger partial charge on any atom is -0.508 e. The molecular formula is C22H20ClNO9. The maximum absolute atomic E-state index is 13.5. The highest BCUT2D eigenvalue weighted by Crippen LogP contribution is 2.58. The normalized spacial score (nSPS) is 31.1. The molecule has 0 aromatic heterocycles. The molecule has 0 aliphatic heterocycles. The number of hydrogen-bond acceptors (Lipinski definition) is 9. The van der Waals surface area contributed by atoms with Gasteiger partial charge in [0, 0.05) is 30.3 Å². The summed E-state index contributed by atoms with van der Waals surface area (Å²) in [7, 11) is 0. The summed E-state index contributed by atoms with van der Waals surface area (Å²) >= 11 is 5.65. The standard InChI is InChI=1S/C22H20ClNO9/c23-6-7(25)4-9-10-5-12(27)15(21(24)32)19(30)22(10,33)20(31)16-14(9)17(28)8-2-1-3-11(26)13(8)18(16)29/h1-3,9-10,14,17,26,28-30,33H,4-6H2,(H2,24,32)/t9-,10-,14+,17+,22-/m1/s1. The van der Waals surface area contributed by atoms with Gasteiger partial charge in [0.05, 0.1) is 17.5 Å². The predicted molar refractivity (Wildman–Crippen MR) is 112 cm³/mol. The van der Waals surface area contributed by atoms with Crippen LogP contribution in [0.1, 0.15) is 30.1 Å². The van der Waals surface area contributed by atoms with Crippen LogP contribution in [0.3, 0.4) is 0 Å². The first kappa shape index (κ1) is 23.0. The van der Waals surface area contributed by atoms with Crippen LogP contribution in [0, 0.1) is 17.8 Å². The number of amides is 1. The highest BCUT2D eigenvalue weighted by Gasteiger charge is 2.65. The molecule has 0 heterocycles. The zero-order valence-electron chi connectivity index (χ0n) is 17.0. The first-order valence-electron chi connectivity index (χ1n) is 10.0. The molecule has 0 spiro atoms. The Labute approximate surface area is 191 Å². The molecule has 33 heavy (non-hydrogen) atoms. The van der Waals surface area contributed by atoms with Crippen molar-refractivity contribution >= 4 is 40.6 Å². The lowest BCUT2D eigenvalue weighted by Crippen LogP contribution is -2.62. The number of alkyl halides is 1. The van der Waals surface area contributed by atoms with E-state index < -0.39 is 99.9 Å². The van der Waals surface area contributed by atoms with Crippen molar-refractivity contribution in [3.05, 3.63) is 46.2 Å². The number of phenols is 1. The fraction of sp³-hybridized carbons (Fsp3) is 0.364. The first-order valence-corrected chi connectivity index (χ1v) is 10.5. The second kappa shape index (κ2) is 7.68. The maximum atomic E-state index is 13.5. The summed E-state index contributed by atoms with van der Waals surface area (Å²) in [6.45, 7) is 0. The summed E-state index contributed by atoms with van der Waals surface area (Å²) in [6, 6.07) is 4.03. The number of carbonyl (C=O) groups is 4. The van der Waals surface area contributed by atoms with Crippen molar-refractivity contribution in [3.63, 3.8) is 0 Å². The Kier molecular flexibility index (Phi) is 5.35. The first-order chi connectivity index (χ1) is 15.5. The molecule has 1 fully saturated rings. The van der Waals surface area contributed by atoms with Crippen LogP contribution in [0.5, 0.6) is 5.75 Å². The quantitative estimate of drug-likeness (QED) is 0.261. The van der Waals surface area contributed by atoms with Crippen molar-refractivity contribution in [1.29, 1.82) is 0 Å². The number of phenolic OH excluding ortho intramolecular Hbond substituents is 1. The van der Waals surface area contributed by atoms with E-state index in [1.54, 1.807) is 0 Å². The van der Waals surface area contributed by atoms with Gasteiger partial charge in [-0.15, -0.1) is 11.6 Å². The monoisotopic (exact) mass is 477 g/mol. The number of carbonyl (C=O) groups excluding carboxylic acids is 4. The van der Waals surface area contributed by atoms with Gasteiger partial charge in [0.15, 0.2) is 11.4 Å². The molecule has 5 atom stereocenters. The molecule has 0 bridgehead atoms. The number of Topliss-reactive ketones (excluding diaryl/α,β-unsaturated/α-hetero) is 3. The minimum absolute atomic E-state index is 0.0718. The minimum atomic E-state index is -2.88. The molecule has 11 heteroatoms.